The quantitative estimate of drug-likeness (QED) is 0.299. The predicted molar refractivity (Wildman–Crippen MR) is 137 cm³/mol. The Labute approximate surface area is 205 Å². The lowest BCUT2D eigenvalue weighted by molar-refractivity contribution is 0.0244. The van der Waals surface area contributed by atoms with E-state index in [0.717, 1.165) is 53.6 Å². The maximum atomic E-state index is 6.37. The Morgan fingerprint density at radius 3 is 1.83 bits per heavy atom. The summed E-state index contributed by atoms with van der Waals surface area (Å²) in [7, 11) is 0. The molecule has 0 spiro atoms. The van der Waals surface area contributed by atoms with Gasteiger partial charge in [-0.1, -0.05) is 91.0 Å². The van der Waals surface area contributed by atoms with Gasteiger partial charge < -0.3 is 9.47 Å². The second-order valence-corrected chi connectivity index (χ2v) is 8.84. The monoisotopic (exact) mass is 461 g/mol. The summed E-state index contributed by atoms with van der Waals surface area (Å²) in [5, 5.41) is 5.93. The van der Waals surface area contributed by atoms with Gasteiger partial charge in [-0.25, -0.2) is 9.67 Å². The molecule has 0 radical (unpaired) electrons. The zero-order valence-corrected chi connectivity index (χ0v) is 19.5. The number of hydrogen-bond acceptors (Lipinski definition) is 4. The minimum Gasteiger partial charge on any atom is -0.474 e. The molecule has 0 unspecified atom stereocenters. The summed E-state index contributed by atoms with van der Waals surface area (Å²) in [4.78, 5) is 4.60. The van der Waals surface area contributed by atoms with Crippen LogP contribution in [0.1, 0.15) is 29.5 Å². The minimum absolute atomic E-state index is 0.104. The van der Waals surface area contributed by atoms with Gasteiger partial charge in [0, 0.05) is 19.0 Å². The van der Waals surface area contributed by atoms with Crippen molar-refractivity contribution < 1.29 is 9.47 Å². The number of aromatic nitrogens is 3. The molecule has 1 saturated heterocycles. The Kier molecular flexibility index (Phi) is 5.76. The van der Waals surface area contributed by atoms with Gasteiger partial charge >= 0.3 is 0 Å². The molecule has 174 valence electrons. The van der Waals surface area contributed by atoms with Crippen LogP contribution in [0, 0.1) is 0 Å². The van der Waals surface area contributed by atoms with E-state index in [1.54, 1.807) is 0 Å². The Morgan fingerprint density at radius 2 is 1.29 bits per heavy atom. The number of ether oxygens (including phenoxy) is 2. The van der Waals surface area contributed by atoms with Crippen LogP contribution in [0.2, 0.25) is 0 Å². The van der Waals surface area contributed by atoms with E-state index in [2.05, 4.69) is 101 Å². The summed E-state index contributed by atoms with van der Waals surface area (Å²) in [5.41, 5.74) is 3.69. The van der Waals surface area contributed by atoms with Crippen molar-refractivity contribution in [2.75, 3.05) is 13.2 Å². The lowest BCUT2D eigenvalue weighted by atomic mass is 9.77. The Bertz CT molecular complexity index is 1300. The molecular formula is C30H27N3O2. The standard InChI is InChI=1S/C30H27N3O2/c1-4-10-23(11-5-1)30(24-12-6-2-7-13-24,25-14-8-3-9-15-25)33-28-16-19-31-29(27(28)22-32-33)35-26-17-20-34-21-18-26/h1-16,19,22,26H,17-18,20-21H2. The van der Waals surface area contributed by atoms with Crippen LogP contribution >= 0.6 is 0 Å². The average Bonchev–Trinajstić information content (AvgIpc) is 3.37. The highest BCUT2D eigenvalue weighted by Crippen LogP contribution is 2.42. The molecule has 0 aliphatic carbocycles. The second kappa shape index (κ2) is 9.35. The van der Waals surface area contributed by atoms with Crippen molar-refractivity contribution in [1.29, 1.82) is 0 Å². The molecule has 3 aromatic carbocycles. The van der Waals surface area contributed by atoms with Gasteiger partial charge in [-0.05, 0) is 22.8 Å². The molecule has 0 atom stereocenters. The van der Waals surface area contributed by atoms with Gasteiger partial charge in [-0.2, -0.15) is 5.10 Å². The molecule has 35 heavy (non-hydrogen) atoms. The van der Waals surface area contributed by atoms with Crippen LogP contribution < -0.4 is 4.74 Å². The minimum atomic E-state index is -0.678. The van der Waals surface area contributed by atoms with Gasteiger partial charge in [0.05, 0.1) is 30.3 Å². The molecule has 5 heteroatoms. The van der Waals surface area contributed by atoms with E-state index in [4.69, 9.17) is 14.6 Å². The molecule has 0 amide bonds. The van der Waals surface area contributed by atoms with Gasteiger partial charge in [0.15, 0.2) is 0 Å². The first kappa shape index (κ1) is 21.6. The molecule has 0 N–H and O–H groups in total. The maximum absolute atomic E-state index is 6.37. The van der Waals surface area contributed by atoms with Gasteiger partial charge in [-0.15, -0.1) is 0 Å². The Balaban J connectivity index is 1.61. The predicted octanol–water partition coefficient (Wildman–Crippen LogP) is 5.83. The second-order valence-electron chi connectivity index (χ2n) is 8.84. The highest BCUT2D eigenvalue weighted by molar-refractivity contribution is 5.84. The molecule has 1 fully saturated rings. The van der Waals surface area contributed by atoms with E-state index in [1.807, 2.05) is 18.5 Å². The number of pyridine rings is 1. The van der Waals surface area contributed by atoms with Crippen LogP contribution in [-0.2, 0) is 10.3 Å². The third-order valence-electron chi connectivity index (χ3n) is 6.80. The van der Waals surface area contributed by atoms with E-state index >= 15 is 0 Å². The van der Waals surface area contributed by atoms with E-state index < -0.39 is 5.54 Å². The zero-order valence-electron chi connectivity index (χ0n) is 19.5. The lowest BCUT2D eigenvalue weighted by Gasteiger charge is -2.37. The molecular weight excluding hydrogens is 434 g/mol. The number of fused-ring (bicyclic) bond motifs is 1. The van der Waals surface area contributed by atoms with Gasteiger partial charge in [0.2, 0.25) is 5.88 Å². The van der Waals surface area contributed by atoms with Gasteiger partial charge in [-0.3, -0.25) is 0 Å². The van der Waals surface area contributed by atoms with Crippen molar-refractivity contribution in [1.82, 2.24) is 14.8 Å². The van der Waals surface area contributed by atoms with E-state index in [-0.39, 0.29) is 6.10 Å². The number of nitrogens with zero attached hydrogens (tertiary/aromatic N) is 3. The fraction of sp³-hybridized carbons (Fsp3) is 0.200. The molecule has 6 rings (SSSR count). The van der Waals surface area contributed by atoms with E-state index in [1.165, 1.54) is 0 Å². The third-order valence-corrected chi connectivity index (χ3v) is 6.80. The van der Waals surface area contributed by atoms with Gasteiger partial charge in [0.1, 0.15) is 11.6 Å². The summed E-state index contributed by atoms with van der Waals surface area (Å²) in [6, 6.07) is 33.7. The number of benzene rings is 3. The molecule has 2 aromatic heterocycles. The third kappa shape index (κ3) is 3.78. The largest absolute Gasteiger partial charge is 0.474 e. The van der Waals surface area contributed by atoms with Crippen molar-refractivity contribution in [3.05, 3.63) is 126 Å². The van der Waals surface area contributed by atoms with Gasteiger partial charge in [0.25, 0.3) is 0 Å². The summed E-state index contributed by atoms with van der Waals surface area (Å²) in [5.74, 6) is 0.628. The van der Waals surface area contributed by atoms with Crippen LogP contribution in [0.25, 0.3) is 10.9 Å². The van der Waals surface area contributed by atoms with Crippen LogP contribution in [0.4, 0.5) is 0 Å². The first-order chi connectivity index (χ1) is 17.4. The smallest absolute Gasteiger partial charge is 0.224 e. The van der Waals surface area contributed by atoms with E-state index in [0.29, 0.717) is 5.88 Å². The number of rotatable bonds is 6. The summed E-state index contributed by atoms with van der Waals surface area (Å²) >= 11 is 0. The molecule has 1 aliphatic heterocycles. The lowest BCUT2D eigenvalue weighted by Crippen LogP contribution is -2.38. The van der Waals surface area contributed by atoms with Crippen LogP contribution in [0.5, 0.6) is 5.88 Å². The molecule has 5 aromatic rings. The normalized spacial score (nSPS) is 14.7. The molecule has 3 heterocycles. The van der Waals surface area contributed by atoms with Crippen molar-refractivity contribution >= 4 is 10.9 Å². The molecule has 5 nitrogen and oxygen atoms in total. The van der Waals surface area contributed by atoms with Crippen molar-refractivity contribution in [2.24, 2.45) is 0 Å². The molecule has 0 bridgehead atoms. The molecule has 0 saturated carbocycles. The first-order valence-corrected chi connectivity index (χ1v) is 12.1. The van der Waals surface area contributed by atoms with Crippen molar-refractivity contribution in [2.45, 2.75) is 24.5 Å². The summed E-state index contributed by atoms with van der Waals surface area (Å²) in [6.07, 6.45) is 5.55. The topological polar surface area (TPSA) is 49.2 Å². The first-order valence-electron chi connectivity index (χ1n) is 12.1. The Hall–Kier alpha value is -3.96. The van der Waals surface area contributed by atoms with Crippen molar-refractivity contribution in [3.63, 3.8) is 0 Å². The SMILES string of the molecule is c1ccc(C(c2ccccc2)(c2ccccc2)n2ncc3c(OC4CCOCC4)nccc32)cc1. The highest BCUT2D eigenvalue weighted by Gasteiger charge is 2.40. The van der Waals surface area contributed by atoms with Crippen LogP contribution in [0.15, 0.2) is 109 Å². The maximum Gasteiger partial charge on any atom is 0.224 e. The number of hydrogen-bond donors (Lipinski definition) is 0. The van der Waals surface area contributed by atoms with Crippen LogP contribution in [0.3, 0.4) is 0 Å². The average molecular weight is 462 g/mol. The summed E-state index contributed by atoms with van der Waals surface area (Å²) < 4.78 is 14.0. The fourth-order valence-electron chi connectivity index (χ4n) is 5.15. The van der Waals surface area contributed by atoms with Crippen LogP contribution in [-0.4, -0.2) is 34.1 Å². The zero-order chi connectivity index (χ0) is 23.5. The van der Waals surface area contributed by atoms with Crippen molar-refractivity contribution in [3.8, 4) is 5.88 Å². The molecule has 1 aliphatic rings. The fourth-order valence-corrected chi connectivity index (χ4v) is 5.15. The van der Waals surface area contributed by atoms with E-state index in [9.17, 15) is 0 Å². The summed E-state index contributed by atoms with van der Waals surface area (Å²) in [6.45, 7) is 1.44. The highest BCUT2D eigenvalue weighted by atomic mass is 16.5. The Morgan fingerprint density at radius 1 is 0.743 bits per heavy atom.